The molecule has 0 saturated heterocycles. The van der Waals surface area contributed by atoms with Gasteiger partial charge in [0.15, 0.2) is 5.82 Å². The van der Waals surface area contributed by atoms with Gasteiger partial charge in [0, 0.05) is 13.2 Å². The van der Waals surface area contributed by atoms with Crippen LogP contribution in [-0.4, -0.2) is 24.1 Å². The molecule has 1 amide bonds. The van der Waals surface area contributed by atoms with Crippen LogP contribution in [0.5, 0.6) is 0 Å². The van der Waals surface area contributed by atoms with Crippen LogP contribution in [0.15, 0.2) is 29.3 Å². The fourth-order valence-corrected chi connectivity index (χ4v) is 2.66. The minimum absolute atomic E-state index is 0.0600. The highest BCUT2D eigenvalue weighted by atomic mass is 35.5. The lowest BCUT2D eigenvalue weighted by molar-refractivity contribution is 0.102. The molecule has 0 aliphatic heterocycles. The highest BCUT2D eigenvalue weighted by Gasteiger charge is 2.21. The molecule has 0 fully saturated rings. The number of carbonyl (C=O) groups is 1. The van der Waals surface area contributed by atoms with Crippen LogP contribution in [0.25, 0.3) is 0 Å². The Labute approximate surface area is 130 Å². The standard InChI is InChI=1S/C11H10Cl2N4O3S/c1-17-5-8(21(14,19)20)10(16-17)15-11(18)6-3-2-4-7(12)9(6)13/h2-5H,1H3,(H2,14,19,20)(H,15,16,18). The molecule has 1 heterocycles. The molecule has 0 unspecified atom stereocenters. The molecule has 10 heteroatoms. The van der Waals surface area contributed by atoms with Gasteiger partial charge in [0.2, 0.25) is 10.0 Å². The maximum atomic E-state index is 12.1. The number of carbonyl (C=O) groups excluding carboxylic acids is 1. The Morgan fingerprint density at radius 1 is 1.38 bits per heavy atom. The normalized spacial score (nSPS) is 11.4. The van der Waals surface area contributed by atoms with E-state index >= 15 is 0 Å². The first-order valence-corrected chi connectivity index (χ1v) is 7.82. The molecule has 0 spiro atoms. The average molecular weight is 349 g/mol. The molecule has 2 rings (SSSR count). The Morgan fingerprint density at radius 2 is 2.05 bits per heavy atom. The Kier molecular flexibility index (Phi) is 4.24. The zero-order valence-electron chi connectivity index (χ0n) is 10.7. The second-order valence-electron chi connectivity index (χ2n) is 4.12. The molecular weight excluding hydrogens is 339 g/mol. The number of benzene rings is 1. The van der Waals surface area contributed by atoms with Crippen molar-refractivity contribution in [2.75, 3.05) is 5.32 Å². The summed E-state index contributed by atoms with van der Waals surface area (Å²) in [6.07, 6.45) is 1.19. The molecule has 7 nitrogen and oxygen atoms in total. The van der Waals surface area contributed by atoms with Crippen molar-refractivity contribution in [1.29, 1.82) is 0 Å². The van der Waals surface area contributed by atoms with Gasteiger partial charge in [-0.1, -0.05) is 29.3 Å². The van der Waals surface area contributed by atoms with Crippen LogP contribution in [0.2, 0.25) is 10.0 Å². The quantitative estimate of drug-likeness (QED) is 0.878. The minimum atomic E-state index is -4.02. The number of sulfonamides is 1. The van der Waals surface area contributed by atoms with Crippen molar-refractivity contribution in [3.8, 4) is 0 Å². The van der Waals surface area contributed by atoms with Crippen molar-refractivity contribution in [2.45, 2.75) is 4.90 Å². The maximum absolute atomic E-state index is 12.1. The maximum Gasteiger partial charge on any atom is 0.258 e. The van der Waals surface area contributed by atoms with E-state index < -0.39 is 15.9 Å². The van der Waals surface area contributed by atoms with E-state index in [1.807, 2.05) is 0 Å². The number of hydrogen-bond donors (Lipinski definition) is 2. The zero-order valence-corrected chi connectivity index (χ0v) is 13.0. The van der Waals surface area contributed by atoms with Crippen molar-refractivity contribution in [2.24, 2.45) is 12.2 Å². The molecular formula is C11H10Cl2N4O3S. The number of amides is 1. The van der Waals surface area contributed by atoms with Crippen LogP contribution in [0.1, 0.15) is 10.4 Å². The summed E-state index contributed by atoms with van der Waals surface area (Å²) in [5.41, 5.74) is 0.0928. The Balaban J connectivity index is 2.39. The summed E-state index contributed by atoms with van der Waals surface area (Å²) in [6, 6.07) is 4.52. The Bertz CT molecular complexity index is 817. The highest BCUT2D eigenvalue weighted by molar-refractivity contribution is 7.89. The van der Waals surface area contributed by atoms with E-state index in [0.29, 0.717) is 0 Å². The van der Waals surface area contributed by atoms with E-state index in [0.717, 1.165) is 0 Å². The van der Waals surface area contributed by atoms with Crippen molar-refractivity contribution >= 4 is 45.0 Å². The fraction of sp³-hybridized carbons (Fsp3) is 0.0909. The molecule has 0 bridgehead atoms. The molecule has 1 aromatic heterocycles. The van der Waals surface area contributed by atoms with Crippen LogP contribution in [0.4, 0.5) is 5.82 Å². The molecule has 0 saturated carbocycles. The van der Waals surface area contributed by atoms with E-state index in [9.17, 15) is 13.2 Å². The number of primary sulfonamides is 1. The number of anilines is 1. The molecule has 3 N–H and O–H groups in total. The molecule has 1 aromatic carbocycles. The van der Waals surface area contributed by atoms with Gasteiger partial charge in [0.25, 0.3) is 5.91 Å². The molecule has 0 aliphatic rings. The van der Waals surface area contributed by atoms with Gasteiger partial charge < -0.3 is 5.32 Å². The van der Waals surface area contributed by atoms with E-state index in [1.165, 1.54) is 30.1 Å². The third-order valence-corrected chi connectivity index (χ3v) is 4.26. The number of aromatic nitrogens is 2. The van der Waals surface area contributed by atoms with Crippen molar-refractivity contribution < 1.29 is 13.2 Å². The van der Waals surface area contributed by atoms with Crippen LogP contribution in [0, 0.1) is 0 Å². The molecule has 21 heavy (non-hydrogen) atoms. The third kappa shape index (κ3) is 3.35. The first-order chi connectivity index (χ1) is 9.70. The second-order valence-corrected chi connectivity index (χ2v) is 6.43. The number of hydrogen-bond acceptors (Lipinski definition) is 4. The summed E-state index contributed by atoms with van der Waals surface area (Å²) in [7, 11) is -2.52. The smallest absolute Gasteiger partial charge is 0.258 e. The monoisotopic (exact) mass is 348 g/mol. The summed E-state index contributed by atoms with van der Waals surface area (Å²) in [4.78, 5) is 11.8. The SMILES string of the molecule is Cn1cc(S(N)(=O)=O)c(NC(=O)c2cccc(Cl)c2Cl)n1. The van der Waals surface area contributed by atoms with Gasteiger partial charge in [-0.3, -0.25) is 9.48 Å². The number of rotatable bonds is 3. The van der Waals surface area contributed by atoms with Crippen LogP contribution < -0.4 is 10.5 Å². The topological polar surface area (TPSA) is 107 Å². The largest absolute Gasteiger partial charge is 0.304 e. The molecule has 2 aromatic rings. The number of nitrogens with one attached hydrogen (secondary N) is 1. The summed E-state index contributed by atoms with van der Waals surface area (Å²) in [6.45, 7) is 0. The van der Waals surface area contributed by atoms with Gasteiger partial charge in [-0.05, 0) is 12.1 Å². The lowest BCUT2D eigenvalue weighted by atomic mass is 10.2. The summed E-state index contributed by atoms with van der Waals surface area (Å²) in [5.74, 6) is -0.827. The summed E-state index contributed by atoms with van der Waals surface area (Å²) < 4.78 is 24.1. The second kappa shape index (κ2) is 5.64. The zero-order chi connectivity index (χ0) is 15.8. The average Bonchev–Trinajstić information content (AvgIpc) is 2.73. The predicted octanol–water partition coefficient (Wildman–Crippen LogP) is 1.63. The van der Waals surface area contributed by atoms with E-state index in [2.05, 4.69) is 10.4 Å². The Morgan fingerprint density at radius 3 is 2.67 bits per heavy atom. The van der Waals surface area contributed by atoms with Gasteiger partial charge in [0.1, 0.15) is 4.90 Å². The van der Waals surface area contributed by atoms with Crippen molar-refractivity contribution in [3.63, 3.8) is 0 Å². The fourth-order valence-electron chi connectivity index (χ4n) is 1.62. The number of halogens is 2. The molecule has 0 aliphatic carbocycles. The van der Waals surface area contributed by atoms with Gasteiger partial charge in [-0.25, -0.2) is 13.6 Å². The van der Waals surface area contributed by atoms with E-state index in [1.54, 1.807) is 6.07 Å². The van der Waals surface area contributed by atoms with Gasteiger partial charge in [0.05, 0.1) is 15.6 Å². The van der Waals surface area contributed by atoms with Crippen molar-refractivity contribution in [1.82, 2.24) is 9.78 Å². The lowest BCUT2D eigenvalue weighted by Crippen LogP contribution is -2.18. The summed E-state index contributed by atoms with van der Waals surface area (Å²) in [5, 5.41) is 11.5. The minimum Gasteiger partial charge on any atom is -0.304 e. The molecule has 0 atom stereocenters. The lowest BCUT2D eigenvalue weighted by Gasteiger charge is -2.06. The van der Waals surface area contributed by atoms with Crippen LogP contribution >= 0.6 is 23.2 Å². The predicted molar refractivity (Wildman–Crippen MR) is 79.0 cm³/mol. The summed E-state index contributed by atoms with van der Waals surface area (Å²) >= 11 is 11.7. The Hall–Kier alpha value is -1.61. The number of nitrogens with two attached hydrogens (primary N) is 1. The van der Waals surface area contributed by atoms with Gasteiger partial charge in [-0.15, -0.1) is 0 Å². The first-order valence-electron chi connectivity index (χ1n) is 5.52. The third-order valence-electron chi connectivity index (χ3n) is 2.53. The highest BCUT2D eigenvalue weighted by Crippen LogP contribution is 2.26. The molecule has 112 valence electrons. The number of nitrogens with zero attached hydrogens (tertiary/aromatic N) is 2. The van der Waals surface area contributed by atoms with Gasteiger partial charge in [-0.2, -0.15) is 5.10 Å². The van der Waals surface area contributed by atoms with Crippen LogP contribution in [0.3, 0.4) is 0 Å². The first kappa shape index (κ1) is 15.8. The molecule has 0 radical (unpaired) electrons. The number of aryl methyl sites for hydroxylation is 1. The van der Waals surface area contributed by atoms with Gasteiger partial charge >= 0.3 is 0 Å². The van der Waals surface area contributed by atoms with Crippen LogP contribution in [-0.2, 0) is 17.1 Å². The van der Waals surface area contributed by atoms with Crippen molar-refractivity contribution in [3.05, 3.63) is 40.0 Å². The van der Waals surface area contributed by atoms with E-state index in [-0.39, 0.29) is 26.3 Å². The van der Waals surface area contributed by atoms with E-state index in [4.69, 9.17) is 28.3 Å².